The van der Waals surface area contributed by atoms with Crippen LogP contribution < -0.4 is 4.72 Å². The van der Waals surface area contributed by atoms with Gasteiger partial charge in [0.05, 0.1) is 4.90 Å². The molecular formula is C27H25NO2S2. The molecule has 0 aliphatic carbocycles. The minimum Gasteiger partial charge on any atom is -0.301 e. The van der Waals surface area contributed by atoms with Gasteiger partial charge in [0.25, 0.3) is 0 Å². The number of hydrogen-bond acceptors (Lipinski definition) is 3. The zero-order chi connectivity index (χ0) is 22.3. The van der Waals surface area contributed by atoms with Crippen molar-refractivity contribution in [2.24, 2.45) is 0 Å². The van der Waals surface area contributed by atoms with Gasteiger partial charge in [-0.15, -0.1) is 11.3 Å². The number of Topliss-reactive ketones (excluding diaryl/α,β-unsaturated/α-hetero) is 1. The second-order valence-electron chi connectivity index (χ2n) is 7.74. The highest BCUT2D eigenvalue weighted by Crippen LogP contribution is 2.27. The van der Waals surface area contributed by atoms with Crippen molar-refractivity contribution in [2.45, 2.75) is 31.1 Å². The predicted octanol–water partition coefficient (Wildman–Crippen LogP) is 6.60. The van der Waals surface area contributed by atoms with Crippen LogP contribution in [0, 0.1) is 6.92 Å². The van der Waals surface area contributed by atoms with E-state index in [1.807, 2.05) is 78.9 Å². The molecule has 5 heteroatoms. The number of carbonyl (C=O) groups is 1. The molecule has 0 aliphatic rings. The van der Waals surface area contributed by atoms with Crippen molar-refractivity contribution in [1.29, 1.82) is 0 Å². The van der Waals surface area contributed by atoms with E-state index in [0.717, 1.165) is 33.7 Å². The summed E-state index contributed by atoms with van der Waals surface area (Å²) in [5.74, 6) is 0.233. The molecule has 4 rings (SSSR count). The minimum absolute atomic E-state index is 0.233. The van der Waals surface area contributed by atoms with Crippen molar-refractivity contribution in [1.82, 2.24) is 0 Å². The Hall–Kier alpha value is -3.02. The molecule has 3 nitrogen and oxygen atoms in total. The molecule has 1 heterocycles. The summed E-state index contributed by atoms with van der Waals surface area (Å²) in [5, 5.41) is 2.12. The Balaban J connectivity index is 1.37. The molecule has 32 heavy (non-hydrogen) atoms. The van der Waals surface area contributed by atoms with Gasteiger partial charge in [-0.3, -0.25) is 4.79 Å². The number of carbonyl (C=O) groups excluding carboxylic acids is 1. The van der Waals surface area contributed by atoms with Crippen molar-refractivity contribution < 1.29 is 9.00 Å². The summed E-state index contributed by atoms with van der Waals surface area (Å²) in [6.45, 7) is 2.07. The first-order chi connectivity index (χ1) is 15.6. The maximum Gasteiger partial charge on any atom is 0.150 e. The van der Waals surface area contributed by atoms with Crippen LogP contribution in [0.2, 0.25) is 0 Å². The van der Waals surface area contributed by atoms with Gasteiger partial charge in [0.1, 0.15) is 5.78 Å². The van der Waals surface area contributed by atoms with E-state index >= 15 is 0 Å². The second-order valence-corrected chi connectivity index (χ2v) is 9.91. The fourth-order valence-electron chi connectivity index (χ4n) is 3.54. The molecule has 4 aromatic rings. The first-order valence-corrected chi connectivity index (χ1v) is 12.6. The fraction of sp³-hybridized carbons (Fsp3) is 0.148. The number of thiophene rings is 1. The van der Waals surface area contributed by atoms with Crippen LogP contribution in [0.15, 0.2) is 95.2 Å². The highest BCUT2D eigenvalue weighted by Gasteiger charge is 2.12. The summed E-state index contributed by atoms with van der Waals surface area (Å²) in [6, 6.07) is 27.4. The van der Waals surface area contributed by atoms with Crippen molar-refractivity contribution >= 4 is 33.8 Å². The summed E-state index contributed by atoms with van der Waals surface area (Å²) < 4.78 is 16.1. The van der Waals surface area contributed by atoms with Gasteiger partial charge in [-0.2, -0.15) is 0 Å². The van der Waals surface area contributed by atoms with E-state index in [9.17, 15) is 9.00 Å². The number of benzene rings is 3. The Morgan fingerprint density at radius 3 is 2.38 bits per heavy atom. The molecule has 0 saturated carbocycles. The van der Waals surface area contributed by atoms with E-state index in [-0.39, 0.29) is 5.78 Å². The third kappa shape index (κ3) is 5.81. The number of nitrogens with one attached hydrogen (secondary N) is 1. The zero-order valence-electron chi connectivity index (χ0n) is 17.9. The highest BCUT2D eigenvalue weighted by molar-refractivity contribution is 7.86. The lowest BCUT2D eigenvalue weighted by Gasteiger charge is -2.11. The Labute approximate surface area is 195 Å². The Bertz CT molecular complexity index is 1210. The number of hydrogen-bond donors (Lipinski definition) is 1. The molecule has 0 amide bonds. The monoisotopic (exact) mass is 459 g/mol. The second kappa shape index (κ2) is 10.5. The first kappa shape index (κ1) is 22.2. The van der Waals surface area contributed by atoms with Gasteiger partial charge in [0, 0.05) is 23.4 Å². The number of ketones is 1. The third-order valence-electron chi connectivity index (χ3n) is 5.17. The molecule has 0 fully saturated rings. The lowest BCUT2D eigenvalue weighted by atomic mass is 10.0. The molecular weight excluding hydrogens is 434 g/mol. The Morgan fingerprint density at radius 1 is 0.938 bits per heavy atom. The van der Waals surface area contributed by atoms with Crippen molar-refractivity contribution in [3.63, 3.8) is 0 Å². The molecule has 0 spiro atoms. The molecule has 1 N–H and O–H groups in total. The Morgan fingerprint density at radius 2 is 1.66 bits per heavy atom. The smallest absolute Gasteiger partial charge is 0.150 e. The summed E-state index contributed by atoms with van der Waals surface area (Å²) >= 11 is 1.71. The number of aryl methyl sites for hydroxylation is 2. The van der Waals surface area contributed by atoms with Gasteiger partial charge in [-0.25, -0.2) is 4.21 Å². The van der Waals surface area contributed by atoms with Gasteiger partial charge in [-0.05, 0) is 65.2 Å². The van der Waals surface area contributed by atoms with Crippen LogP contribution in [0.5, 0.6) is 0 Å². The van der Waals surface area contributed by atoms with Crippen LogP contribution in [0.4, 0.5) is 5.69 Å². The molecule has 1 atom stereocenters. The maximum atomic E-state index is 13.0. The minimum atomic E-state index is -1.40. The van der Waals surface area contributed by atoms with Gasteiger partial charge < -0.3 is 4.72 Å². The normalized spacial score (nSPS) is 11.8. The molecule has 3 aromatic carbocycles. The predicted molar refractivity (Wildman–Crippen MR) is 134 cm³/mol. The Kier molecular flexibility index (Phi) is 7.30. The molecule has 0 saturated heterocycles. The van der Waals surface area contributed by atoms with Crippen molar-refractivity contribution in [3.8, 4) is 11.1 Å². The SMILES string of the molecule is Cc1csc(CCC(=O)Cc2ccc(NS(=O)c3ccccc3-c3ccccc3)cc2)c1. The lowest BCUT2D eigenvalue weighted by molar-refractivity contribution is -0.118. The molecule has 1 unspecified atom stereocenters. The van der Waals surface area contributed by atoms with Crippen molar-refractivity contribution in [2.75, 3.05) is 4.72 Å². The number of anilines is 1. The quantitative estimate of drug-likeness (QED) is 0.306. The average molecular weight is 460 g/mol. The summed E-state index contributed by atoms with van der Waals surface area (Å²) in [6.07, 6.45) is 1.78. The van der Waals surface area contributed by atoms with Crippen LogP contribution >= 0.6 is 11.3 Å². The zero-order valence-corrected chi connectivity index (χ0v) is 19.5. The summed E-state index contributed by atoms with van der Waals surface area (Å²) in [7, 11) is -1.40. The highest BCUT2D eigenvalue weighted by atomic mass is 32.2. The van der Waals surface area contributed by atoms with Crippen LogP contribution in [0.1, 0.15) is 22.4 Å². The topological polar surface area (TPSA) is 46.2 Å². The van der Waals surface area contributed by atoms with E-state index in [1.54, 1.807) is 11.3 Å². The molecule has 1 aromatic heterocycles. The molecule has 162 valence electrons. The van der Waals surface area contributed by atoms with Crippen molar-refractivity contribution in [3.05, 3.63) is 106 Å². The summed E-state index contributed by atoms with van der Waals surface area (Å²) in [4.78, 5) is 14.3. The lowest BCUT2D eigenvalue weighted by Crippen LogP contribution is -2.07. The van der Waals surface area contributed by atoms with E-state index in [1.165, 1.54) is 10.4 Å². The van der Waals surface area contributed by atoms with E-state index < -0.39 is 11.0 Å². The van der Waals surface area contributed by atoms with Gasteiger partial charge in [0.15, 0.2) is 11.0 Å². The van der Waals surface area contributed by atoms with Gasteiger partial charge in [0.2, 0.25) is 0 Å². The summed E-state index contributed by atoms with van der Waals surface area (Å²) in [5.41, 5.74) is 4.96. The maximum absolute atomic E-state index is 13.0. The van der Waals surface area contributed by atoms with Crippen LogP contribution in [0.3, 0.4) is 0 Å². The van der Waals surface area contributed by atoms with Gasteiger partial charge >= 0.3 is 0 Å². The van der Waals surface area contributed by atoms with Crippen LogP contribution in [-0.4, -0.2) is 9.99 Å². The molecule has 0 bridgehead atoms. The van der Waals surface area contributed by atoms with E-state index in [4.69, 9.17) is 0 Å². The van der Waals surface area contributed by atoms with E-state index in [0.29, 0.717) is 12.8 Å². The first-order valence-electron chi connectivity index (χ1n) is 10.6. The van der Waals surface area contributed by atoms with E-state index in [2.05, 4.69) is 23.1 Å². The average Bonchev–Trinajstić information content (AvgIpc) is 3.24. The van der Waals surface area contributed by atoms with Crippen LogP contribution in [-0.2, 0) is 28.6 Å². The molecule has 0 aliphatic heterocycles. The van der Waals surface area contributed by atoms with Crippen LogP contribution in [0.25, 0.3) is 11.1 Å². The molecule has 0 radical (unpaired) electrons. The number of rotatable bonds is 9. The van der Waals surface area contributed by atoms with Gasteiger partial charge in [-0.1, -0.05) is 60.7 Å². The standard InChI is InChI=1S/C27H25NO2S2/c1-20-17-25(31-19-20)16-15-24(29)18-21-11-13-23(14-12-21)28-32(30)27-10-6-5-9-26(27)22-7-3-2-4-8-22/h2-14,17,19,28H,15-16,18H2,1H3. The third-order valence-corrected chi connectivity index (χ3v) is 7.46. The fourth-order valence-corrected chi connectivity index (χ4v) is 5.46. The largest absolute Gasteiger partial charge is 0.301 e.